The van der Waals surface area contributed by atoms with E-state index in [1.807, 2.05) is 42.5 Å². The topological polar surface area (TPSA) is 85.7 Å². The quantitative estimate of drug-likeness (QED) is 0.508. The summed E-state index contributed by atoms with van der Waals surface area (Å²) in [6.07, 6.45) is 0.507. The summed E-state index contributed by atoms with van der Waals surface area (Å²) in [5, 5.41) is 21.8. The van der Waals surface area contributed by atoms with E-state index in [4.69, 9.17) is 22.7 Å². The van der Waals surface area contributed by atoms with Crippen molar-refractivity contribution in [1.29, 1.82) is 10.5 Å². The third-order valence-electron chi connectivity index (χ3n) is 3.19. The maximum atomic E-state index is 12.3. The van der Waals surface area contributed by atoms with E-state index in [1.165, 1.54) is 23.1 Å². The molecule has 0 atom stereocenters. The van der Waals surface area contributed by atoms with Gasteiger partial charge in [0.2, 0.25) is 5.91 Å². The van der Waals surface area contributed by atoms with Gasteiger partial charge in [0.25, 0.3) is 0 Å². The number of thioether (sulfide) groups is 1. The Labute approximate surface area is 159 Å². The van der Waals surface area contributed by atoms with Crippen molar-refractivity contribution in [2.75, 3.05) is 18.8 Å². The molecule has 0 aliphatic rings. The van der Waals surface area contributed by atoms with Crippen molar-refractivity contribution in [2.45, 2.75) is 17.2 Å². The monoisotopic (exact) mass is 389 g/mol. The van der Waals surface area contributed by atoms with Gasteiger partial charge >= 0.3 is 0 Å². The second kappa shape index (κ2) is 9.94. The number of benzene rings is 1. The molecule has 0 aliphatic heterocycles. The average molecular weight is 390 g/mol. The van der Waals surface area contributed by atoms with Crippen LogP contribution in [0.1, 0.15) is 12.8 Å². The van der Waals surface area contributed by atoms with E-state index in [1.54, 1.807) is 9.58 Å². The number of para-hydroxylation sites is 1. The molecule has 0 bridgehead atoms. The summed E-state index contributed by atoms with van der Waals surface area (Å²) in [6, 6.07) is 13.6. The number of rotatable bonds is 8. The summed E-state index contributed by atoms with van der Waals surface area (Å²) in [6.45, 7) is 0.678. The van der Waals surface area contributed by atoms with E-state index in [2.05, 4.69) is 5.10 Å². The third-order valence-corrected chi connectivity index (χ3v) is 5.54. The Morgan fingerprint density at radius 3 is 2.48 bits per heavy atom. The standard InChI is InChI=1S/C16H15N5OS3/c17-8-4-10-20(11-5-9-18)14(22)12-24-15-19-21(16(23)25-15)13-6-2-1-3-7-13/h1-3,6-7H,4-5,10-12H2. The van der Waals surface area contributed by atoms with E-state index in [-0.39, 0.29) is 24.5 Å². The molecule has 0 radical (unpaired) electrons. The molecule has 0 saturated carbocycles. The second-order valence-electron chi connectivity index (χ2n) is 4.87. The predicted octanol–water partition coefficient (Wildman–Crippen LogP) is 3.41. The fourth-order valence-corrected chi connectivity index (χ4v) is 4.26. The Hall–Kier alpha value is -2.20. The molecule has 0 unspecified atom stereocenters. The Morgan fingerprint density at radius 2 is 1.88 bits per heavy atom. The number of nitrogens with zero attached hydrogens (tertiary/aromatic N) is 5. The molecule has 128 valence electrons. The summed E-state index contributed by atoms with van der Waals surface area (Å²) in [4.78, 5) is 13.9. The highest BCUT2D eigenvalue weighted by atomic mass is 32.2. The van der Waals surface area contributed by atoms with E-state index in [0.29, 0.717) is 21.4 Å². The van der Waals surface area contributed by atoms with Gasteiger partial charge in [0.15, 0.2) is 8.29 Å². The zero-order valence-corrected chi connectivity index (χ0v) is 15.7. The molecule has 2 rings (SSSR count). The van der Waals surface area contributed by atoms with Crippen LogP contribution in [0.3, 0.4) is 0 Å². The summed E-state index contributed by atoms with van der Waals surface area (Å²) >= 11 is 8.01. The van der Waals surface area contributed by atoms with Crippen molar-refractivity contribution < 1.29 is 4.79 Å². The molecule has 0 fully saturated rings. The lowest BCUT2D eigenvalue weighted by atomic mass is 10.3. The fourth-order valence-electron chi connectivity index (χ4n) is 2.00. The highest BCUT2D eigenvalue weighted by Gasteiger charge is 2.15. The van der Waals surface area contributed by atoms with Gasteiger partial charge in [0.05, 0.1) is 36.4 Å². The van der Waals surface area contributed by atoms with Crippen molar-refractivity contribution in [2.24, 2.45) is 0 Å². The zero-order chi connectivity index (χ0) is 18.1. The average Bonchev–Trinajstić information content (AvgIpc) is 3.01. The molecular weight excluding hydrogens is 374 g/mol. The lowest BCUT2D eigenvalue weighted by Crippen LogP contribution is -2.34. The van der Waals surface area contributed by atoms with Crippen LogP contribution < -0.4 is 0 Å². The number of aromatic nitrogens is 2. The van der Waals surface area contributed by atoms with E-state index >= 15 is 0 Å². The first-order valence-electron chi connectivity index (χ1n) is 7.45. The molecule has 0 spiro atoms. The van der Waals surface area contributed by atoms with Crippen LogP contribution in [0.4, 0.5) is 0 Å². The molecule has 0 aliphatic carbocycles. The van der Waals surface area contributed by atoms with Gasteiger partial charge in [0.1, 0.15) is 0 Å². The van der Waals surface area contributed by atoms with Crippen LogP contribution in [-0.4, -0.2) is 39.4 Å². The molecule has 1 heterocycles. The first-order chi connectivity index (χ1) is 12.2. The normalized spacial score (nSPS) is 10.0. The van der Waals surface area contributed by atoms with Crippen molar-refractivity contribution >= 4 is 41.2 Å². The number of carbonyl (C=O) groups is 1. The molecule has 0 N–H and O–H groups in total. The SMILES string of the molecule is N#CCCN(CCC#N)C(=O)CSc1nn(-c2ccccc2)c(=S)s1. The summed E-state index contributed by atoms with van der Waals surface area (Å²) in [5.41, 5.74) is 0.881. The van der Waals surface area contributed by atoms with E-state index < -0.39 is 0 Å². The molecule has 6 nitrogen and oxygen atoms in total. The van der Waals surface area contributed by atoms with Gasteiger partial charge in [0, 0.05) is 13.1 Å². The number of amides is 1. The summed E-state index contributed by atoms with van der Waals surface area (Å²) in [5.74, 6) is 0.0939. The van der Waals surface area contributed by atoms with Crippen molar-refractivity contribution in [3.05, 3.63) is 34.3 Å². The molecule has 2 aromatic rings. The summed E-state index contributed by atoms with van der Waals surface area (Å²) in [7, 11) is 0. The van der Waals surface area contributed by atoms with Gasteiger partial charge in [-0.05, 0) is 24.4 Å². The minimum Gasteiger partial charge on any atom is -0.340 e. The van der Waals surface area contributed by atoms with Gasteiger partial charge in [-0.15, -0.1) is 5.10 Å². The highest BCUT2D eigenvalue weighted by molar-refractivity contribution is 8.01. The van der Waals surface area contributed by atoms with Gasteiger partial charge in [-0.3, -0.25) is 4.79 Å². The van der Waals surface area contributed by atoms with Crippen molar-refractivity contribution in [1.82, 2.24) is 14.7 Å². The second-order valence-corrected chi connectivity index (χ2v) is 7.71. The molecule has 1 amide bonds. The Morgan fingerprint density at radius 1 is 1.24 bits per heavy atom. The smallest absolute Gasteiger partial charge is 0.233 e. The maximum Gasteiger partial charge on any atom is 0.233 e. The number of nitriles is 2. The van der Waals surface area contributed by atoms with Crippen LogP contribution in [0.5, 0.6) is 0 Å². The molecule has 0 saturated heterocycles. The van der Waals surface area contributed by atoms with Crippen LogP contribution in [0.2, 0.25) is 0 Å². The third kappa shape index (κ3) is 5.68. The highest BCUT2D eigenvalue weighted by Crippen LogP contribution is 2.24. The largest absolute Gasteiger partial charge is 0.340 e. The molecule has 25 heavy (non-hydrogen) atoms. The molecule has 9 heteroatoms. The number of hydrogen-bond acceptors (Lipinski definition) is 7. The maximum absolute atomic E-state index is 12.3. The minimum absolute atomic E-state index is 0.108. The van der Waals surface area contributed by atoms with Gasteiger partial charge in [-0.1, -0.05) is 41.3 Å². The van der Waals surface area contributed by atoms with Crippen molar-refractivity contribution in [3.8, 4) is 17.8 Å². The van der Waals surface area contributed by atoms with Gasteiger partial charge < -0.3 is 4.90 Å². The Kier molecular flexibility index (Phi) is 7.61. The lowest BCUT2D eigenvalue weighted by Gasteiger charge is -2.19. The van der Waals surface area contributed by atoms with Crippen LogP contribution in [0.15, 0.2) is 34.7 Å². The number of hydrogen-bond donors (Lipinski definition) is 0. The van der Waals surface area contributed by atoms with Crippen LogP contribution in [0, 0.1) is 26.6 Å². The van der Waals surface area contributed by atoms with Crippen LogP contribution >= 0.6 is 35.3 Å². The summed E-state index contributed by atoms with van der Waals surface area (Å²) < 4.78 is 3.00. The van der Waals surface area contributed by atoms with Crippen LogP contribution in [-0.2, 0) is 4.79 Å². The Bertz CT molecular complexity index is 829. The Balaban J connectivity index is 2.00. The van der Waals surface area contributed by atoms with Crippen molar-refractivity contribution in [3.63, 3.8) is 0 Å². The molecule has 1 aromatic heterocycles. The van der Waals surface area contributed by atoms with Crippen LogP contribution in [0.25, 0.3) is 5.69 Å². The minimum atomic E-state index is -0.108. The first-order valence-corrected chi connectivity index (χ1v) is 9.67. The van der Waals surface area contributed by atoms with Gasteiger partial charge in [-0.25, -0.2) is 4.68 Å². The number of carbonyl (C=O) groups excluding carboxylic acids is 1. The predicted molar refractivity (Wildman–Crippen MR) is 100 cm³/mol. The first kappa shape index (κ1) is 19.1. The van der Waals surface area contributed by atoms with E-state index in [9.17, 15) is 4.79 Å². The van der Waals surface area contributed by atoms with E-state index in [0.717, 1.165) is 5.69 Å². The lowest BCUT2D eigenvalue weighted by molar-refractivity contribution is -0.128. The molecular formula is C16H15N5OS3. The zero-order valence-electron chi connectivity index (χ0n) is 13.3. The van der Waals surface area contributed by atoms with Gasteiger partial charge in [-0.2, -0.15) is 10.5 Å². The fraction of sp³-hybridized carbons (Fsp3) is 0.312. The molecule has 1 aromatic carbocycles.